The molecule has 2 aliphatic carbocycles. The smallest absolute Gasteiger partial charge is 0.274 e. The van der Waals surface area contributed by atoms with E-state index in [1.54, 1.807) is 7.11 Å². The van der Waals surface area contributed by atoms with Crippen LogP contribution in [0, 0.1) is 11.3 Å². The molecular weight excluding hydrogens is 516 g/mol. The third-order valence-corrected chi connectivity index (χ3v) is 9.93. The highest BCUT2D eigenvalue weighted by Gasteiger charge is 2.44. The van der Waals surface area contributed by atoms with E-state index in [1.807, 2.05) is 52.0 Å². The normalized spacial score (nSPS) is 25.1. The van der Waals surface area contributed by atoms with Gasteiger partial charge in [0.15, 0.2) is 5.69 Å². The fourth-order valence-corrected chi connectivity index (χ4v) is 7.52. The van der Waals surface area contributed by atoms with Gasteiger partial charge in [0.1, 0.15) is 5.75 Å². The Morgan fingerprint density at radius 1 is 1.00 bits per heavy atom. The summed E-state index contributed by atoms with van der Waals surface area (Å²) in [5.41, 5.74) is 6.01. The number of likely N-dealkylation sites (tertiary alicyclic amines) is 1. The number of carbonyl (C=O) groups excluding carboxylic acids is 2. The number of nitrogens with one attached hydrogen (secondary N) is 1. The minimum Gasteiger partial charge on any atom is -0.496 e. The molecule has 0 radical (unpaired) electrons. The zero-order chi connectivity index (χ0) is 28.0. The van der Waals surface area contributed by atoms with Crippen molar-refractivity contribution in [2.24, 2.45) is 11.3 Å². The van der Waals surface area contributed by atoms with E-state index in [0.29, 0.717) is 18.9 Å². The summed E-state index contributed by atoms with van der Waals surface area (Å²) in [5, 5.41) is 8.17. The molecule has 1 spiro atoms. The first kappa shape index (κ1) is 26.3. The van der Waals surface area contributed by atoms with Gasteiger partial charge in [-0.15, -0.1) is 0 Å². The van der Waals surface area contributed by atoms with Crippen LogP contribution in [0.1, 0.15) is 71.4 Å². The zero-order valence-corrected chi connectivity index (χ0v) is 23.7. The first-order valence-electron chi connectivity index (χ1n) is 15.0. The fourth-order valence-electron chi connectivity index (χ4n) is 7.52. The van der Waals surface area contributed by atoms with Crippen LogP contribution in [0.25, 0.3) is 5.69 Å². The minimum atomic E-state index is -0.00400. The van der Waals surface area contributed by atoms with Gasteiger partial charge in [0.05, 0.1) is 31.7 Å². The molecule has 214 valence electrons. The van der Waals surface area contributed by atoms with Crippen LogP contribution >= 0.6 is 0 Å². The number of amides is 2. The average Bonchev–Trinajstić information content (AvgIpc) is 3.74. The molecule has 3 heterocycles. The lowest BCUT2D eigenvalue weighted by Gasteiger charge is -2.38. The maximum absolute atomic E-state index is 13.7. The average molecular weight is 555 g/mol. The van der Waals surface area contributed by atoms with Gasteiger partial charge in [-0.1, -0.05) is 30.3 Å². The monoisotopic (exact) mass is 554 g/mol. The number of aryl methyl sites for hydroxylation is 1. The van der Waals surface area contributed by atoms with Gasteiger partial charge in [-0.25, -0.2) is 4.68 Å². The van der Waals surface area contributed by atoms with Crippen molar-refractivity contribution in [3.63, 3.8) is 0 Å². The number of benzene rings is 2. The van der Waals surface area contributed by atoms with Crippen molar-refractivity contribution < 1.29 is 19.1 Å². The Hall–Kier alpha value is -3.65. The van der Waals surface area contributed by atoms with Gasteiger partial charge >= 0.3 is 0 Å². The van der Waals surface area contributed by atoms with Gasteiger partial charge in [-0.3, -0.25) is 9.59 Å². The molecular formula is C33H38N4O4. The molecule has 2 aromatic carbocycles. The summed E-state index contributed by atoms with van der Waals surface area (Å²) in [6, 6.07) is 16.3. The number of rotatable bonds is 5. The molecule has 7 rings (SSSR count). The van der Waals surface area contributed by atoms with Crippen molar-refractivity contribution in [2.75, 3.05) is 20.2 Å². The maximum Gasteiger partial charge on any atom is 0.274 e. The number of nitrogens with zero attached hydrogens (tertiary/aromatic N) is 3. The zero-order valence-electron chi connectivity index (χ0n) is 23.7. The largest absolute Gasteiger partial charge is 0.496 e. The third kappa shape index (κ3) is 4.82. The van der Waals surface area contributed by atoms with Crippen LogP contribution in [0.4, 0.5) is 0 Å². The van der Waals surface area contributed by atoms with E-state index >= 15 is 0 Å². The second-order valence-corrected chi connectivity index (χ2v) is 12.3. The van der Waals surface area contributed by atoms with Crippen LogP contribution < -0.4 is 10.1 Å². The number of aromatic nitrogens is 2. The molecule has 41 heavy (non-hydrogen) atoms. The third-order valence-electron chi connectivity index (χ3n) is 9.93. The number of methoxy groups -OCH3 is 1. The first-order chi connectivity index (χ1) is 20.0. The molecule has 2 amide bonds. The van der Waals surface area contributed by atoms with E-state index in [2.05, 4.69) is 11.4 Å². The Morgan fingerprint density at radius 2 is 1.83 bits per heavy atom. The van der Waals surface area contributed by atoms with E-state index < -0.39 is 0 Å². The van der Waals surface area contributed by atoms with Crippen LogP contribution in [-0.4, -0.2) is 52.7 Å². The molecule has 8 nitrogen and oxygen atoms in total. The SMILES string of the molecule is COc1cccc2c1CC(C(=O)NC1CCC3(CC1)CCN(C(=O)c1nn(-c4ccccc4)c4c1COC4)C3)CC2. The van der Waals surface area contributed by atoms with Crippen molar-refractivity contribution in [2.45, 2.75) is 70.6 Å². The lowest BCUT2D eigenvalue weighted by molar-refractivity contribution is -0.126. The predicted molar refractivity (Wildman–Crippen MR) is 154 cm³/mol. The van der Waals surface area contributed by atoms with Gasteiger partial charge < -0.3 is 19.7 Å². The Labute approximate surface area is 241 Å². The van der Waals surface area contributed by atoms with Crippen LogP contribution in [0.15, 0.2) is 48.5 Å². The Kier molecular flexibility index (Phi) is 6.81. The molecule has 1 aromatic heterocycles. The van der Waals surface area contributed by atoms with E-state index in [0.717, 1.165) is 87.2 Å². The fraction of sp³-hybridized carbons (Fsp3) is 0.485. The molecule has 4 aliphatic rings. The van der Waals surface area contributed by atoms with Gasteiger partial charge in [0, 0.05) is 30.6 Å². The van der Waals surface area contributed by atoms with Gasteiger partial charge in [-0.05, 0) is 86.1 Å². The summed E-state index contributed by atoms with van der Waals surface area (Å²) in [6.07, 6.45) is 7.55. The summed E-state index contributed by atoms with van der Waals surface area (Å²) in [4.78, 5) is 29.0. The molecule has 1 N–H and O–H groups in total. The second-order valence-electron chi connectivity index (χ2n) is 12.3. The topological polar surface area (TPSA) is 85.7 Å². The summed E-state index contributed by atoms with van der Waals surface area (Å²) < 4.78 is 13.2. The molecule has 1 saturated heterocycles. The van der Waals surface area contributed by atoms with Crippen molar-refractivity contribution in [3.8, 4) is 11.4 Å². The number of fused-ring (bicyclic) bond motifs is 2. The van der Waals surface area contributed by atoms with Gasteiger partial charge in [0.2, 0.25) is 5.91 Å². The highest BCUT2D eigenvalue weighted by molar-refractivity contribution is 5.94. The number of carbonyl (C=O) groups is 2. The number of ether oxygens (including phenoxy) is 2. The quantitative estimate of drug-likeness (QED) is 0.498. The Balaban J connectivity index is 0.966. The summed E-state index contributed by atoms with van der Waals surface area (Å²) in [5.74, 6) is 1.08. The molecule has 2 fully saturated rings. The van der Waals surface area contributed by atoms with E-state index in [-0.39, 0.29) is 29.2 Å². The molecule has 1 saturated carbocycles. The summed E-state index contributed by atoms with van der Waals surface area (Å²) in [6.45, 7) is 2.43. The Morgan fingerprint density at radius 3 is 2.63 bits per heavy atom. The van der Waals surface area contributed by atoms with E-state index in [4.69, 9.17) is 14.6 Å². The van der Waals surface area contributed by atoms with Crippen molar-refractivity contribution in [1.82, 2.24) is 20.0 Å². The van der Waals surface area contributed by atoms with Crippen LogP contribution in [0.3, 0.4) is 0 Å². The molecule has 0 bridgehead atoms. The highest BCUT2D eigenvalue weighted by atomic mass is 16.5. The first-order valence-corrected chi connectivity index (χ1v) is 15.0. The summed E-state index contributed by atoms with van der Waals surface area (Å²) >= 11 is 0. The predicted octanol–water partition coefficient (Wildman–Crippen LogP) is 4.61. The Bertz CT molecular complexity index is 1440. The lowest BCUT2D eigenvalue weighted by Crippen LogP contribution is -2.45. The maximum atomic E-state index is 13.7. The van der Waals surface area contributed by atoms with Crippen LogP contribution in [0.5, 0.6) is 5.75 Å². The summed E-state index contributed by atoms with van der Waals surface area (Å²) in [7, 11) is 1.70. The molecule has 2 aliphatic heterocycles. The van der Waals surface area contributed by atoms with Gasteiger partial charge in [-0.2, -0.15) is 5.10 Å². The van der Waals surface area contributed by atoms with Crippen molar-refractivity contribution >= 4 is 11.8 Å². The highest BCUT2D eigenvalue weighted by Crippen LogP contribution is 2.44. The molecule has 8 heteroatoms. The van der Waals surface area contributed by atoms with E-state index in [1.165, 1.54) is 11.1 Å². The van der Waals surface area contributed by atoms with Crippen molar-refractivity contribution in [3.05, 3.63) is 76.6 Å². The number of hydrogen-bond acceptors (Lipinski definition) is 5. The van der Waals surface area contributed by atoms with Crippen LogP contribution in [0.2, 0.25) is 0 Å². The van der Waals surface area contributed by atoms with Gasteiger partial charge in [0.25, 0.3) is 5.91 Å². The van der Waals surface area contributed by atoms with E-state index in [9.17, 15) is 9.59 Å². The van der Waals surface area contributed by atoms with Crippen LogP contribution in [-0.2, 0) is 35.6 Å². The molecule has 1 unspecified atom stereocenters. The molecule has 3 aromatic rings. The number of para-hydroxylation sites is 1. The second kappa shape index (κ2) is 10.6. The number of hydrogen-bond donors (Lipinski definition) is 1. The lowest BCUT2D eigenvalue weighted by atomic mass is 9.72. The molecule has 1 atom stereocenters. The minimum absolute atomic E-state index is 0.00400. The standard InChI is InChI=1S/C33H38N4O4/c1-40-29-9-5-6-22-10-11-23(18-26(22)29)31(38)34-24-12-14-33(15-13-24)16-17-36(21-33)32(39)30-27-19-41-20-28(27)37(35-30)25-7-3-2-4-8-25/h2-9,23-24H,10-21H2,1H3,(H,34,38). The van der Waals surface area contributed by atoms with Crippen molar-refractivity contribution in [1.29, 1.82) is 0 Å².